The van der Waals surface area contributed by atoms with Gasteiger partial charge in [-0.2, -0.15) is 0 Å². The Bertz CT molecular complexity index is 912. The van der Waals surface area contributed by atoms with E-state index in [-0.39, 0.29) is 0 Å². The molecule has 0 spiro atoms. The minimum atomic E-state index is -1.98. The Kier molecular flexibility index (Phi) is 12.8. The van der Waals surface area contributed by atoms with E-state index in [1.807, 2.05) is 0 Å². The maximum Gasteiger partial charge on any atom is 0.187 e. The second kappa shape index (κ2) is 15.6. The van der Waals surface area contributed by atoms with E-state index >= 15 is 0 Å². The first-order valence-corrected chi connectivity index (χ1v) is 14.1. The van der Waals surface area contributed by atoms with Crippen LogP contribution in [0.1, 0.15) is 0 Å². The van der Waals surface area contributed by atoms with Gasteiger partial charge in [0.1, 0.15) is 97.7 Å². The summed E-state index contributed by atoms with van der Waals surface area (Å²) in [5, 5.41) is 141. The number of aliphatic hydroxyl groups is 14. The summed E-state index contributed by atoms with van der Waals surface area (Å²) in [6.07, 6.45) is -35.1. The average molecular weight is 667 g/mol. The summed E-state index contributed by atoms with van der Waals surface area (Å²) in [6, 6.07) is 0. The number of hydrogen-bond donors (Lipinski definition) is 14. The molecule has 0 aromatic heterocycles. The molecule has 4 aliphatic rings. The first kappa shape index (κ1) is 37.0. The minimum Gasteiger partial charge on any atom is -0.394 e. The highest BCUT2D eigenvalue weighted by Gasteiger charge is 2.53. The zero-order valence-corrected chi connectivity index (χ0v) is 23.5. The van der Waals surface area contributed by atoms with Crippen molar-refractivity contribution in [2.45, 2.75) is 123 Å². The van der Waals surface area contributed by atoms with Gasteiger partial charge in [0.2, 0.25) is 0 Å². The molecule has 0 aliphatic carbocycles. The molecule has 45 heavy (non-hydrogen) atoms. The van der Waals surface area contributed by atoms with Crippen molar-refractivity contribution in [2.75, 3.05) is 26.4 Å². The van der Waals surface area contributed by atoms with Gasteiger partial charge < -0.3 is 105 Å². The lowest BCUT2D eigenvalue weighted by molar-refractivity contribution is -0.376. The minimum absolute atomic E-state index is 0.695. The van der Waals surface area contributed by atoms with E-state index in [2.05, 4.69) is 0 Å². The maximum atomic E-state index is 11.0. The molecule has 20 atom stereocenters. The van der Waals surface area contributed by atoms with Crippen LogP contribution < -0.4 is 0 Å². The molecule has 4 rings (SSSR count). The van der Waals surface area contributed by atoms with Gasteiger partial charge in [0, 0.05) is 0 Å². The van der Waals surface area contributed by atoms with Crippen molar-refractivity contribution < 1.29 is 105 Å². The molecule has 14 N–H and O–H groups in total. The standard InChI is InChI=1S/C24H42O21/c25-1-5-9(27)14(32)18(36)22(42-5)39-4-8-12(30)16(34)20(45-23-19(37)15(33)10(28)6(2-26)43-23)24(44-8)40-3-7-11(29)13(31)17(35)21(38)41-7/h5-38H,1-4H2/t5-,6-,7-,8-,9-,10-,11-,12-,13+,14+,15+,16+,17+,18+,19+,20+,21-,22-,23+,24-/m1/s1. The summed E-state index contributed by atoms with van der Waals surface area (Å²) in [5.41, 5.74) is 0. The van der Waals surface area contributed by atoms with Gasteiger partial charge in [-0.3, -0.25) is 0 Å². The average Bonchev–Trinajstić information content (AvgIpc) is 3.03. The third kappa shape index (κ3) is 7.75. The van der Waals surface area contributed by atoms with Crippen molar-refractivity contribution >= 4 is 0 Å². The number of rotatable bonds is 10. The van der Waals surface area contributed by atoms with Gasteiger partial charge in [-0.25, -0.2) is 0 Å². The SMILES string of the molecule is OC[C@H]1O[C@@H](OC[C@H]2O[C@@H](OC[C@H]3O[C@@H](O)[C@@H](O)[C@@H](O)[C@@H]3O)[C@@H](O[C@@H]3O[C@H](CO)[C@@H](O)[C@H](O)[C@@H]3O)[C@@H](O)[C@@H]2O)[C@@H](O)[C@@H](O)[C@@H]1O. The smallest absolute Gasteiger partial charge is 0.187 e. The van der Waals surface area contributed by atoms with Gasteiger partial charge in [0.25, 0.3) is 0 Å². The fourth-order valence-corrected chi connectivity index (χ4v) is 5.31. The van der Waals surface area contributed by atoms with E-state index in [4.69, 9.17) is 33.2 Å². The Labute approximate surface area is 254 Å². The van der Waals surface area contributed by atoms with Crippen molar-refractivity contribution in [1.82, 2.24) is 0 Å². The second-order valence-corrected chi connectivity index (χ2v) is 11.2. The third-order valence-electron chi connectivity index (χ3n) is 8.17. The van der Waals surface area contributed by atoms with Crippen LogP contribution in [0.4, 0.5) is 0 Å². The van der Waals surface area contributed by atoms with Gasteiger partial charge in [-0.1, -0.05) is 0 Å². The first-order chi connectivity index (χ1) is 21.2. The van der Waals surface area contributed by atoms with E-state index in [0.29, 0.717) is 0 Å². The fraction of sp³-hybridized carbons (Fsp3) is 1.00. The van der Waals surface area contributed by atoms with Crippen LogP contribution in [0.5, 0.6) is 0 Å². The van der Waals surface area contributed by atoms with Gasteiger partial charge in [-0.05, 0) is 0 Å². The highest BCUT2D eigenvalue weighted by atomic mass is 16.8. The summed E-state index contributed by atoms with van der Waals surface area (Å²) in [5.74, 6) is 0. The molecule has 0 unspecified atom stereocenters. The highest BCUT2D eigenvalue weighted by molar-refractivity contribution is 4.95. The number of hydrogen-bond acceptors (Lipinski definition) is 21. The molecule has 4 fully saturated rings. The zero-order valence-electron chi connectivity index (χ0n) is 23.5. The van der Waals surface area contributed by atoms with E-state index in [1.165, 1.54) is 0 Å². The van der Waals surface area contributed by atoms with E-state index in [1.54, 1.807) is 0 Å². The largest absolute Gasteiger partial charge is 0.394 e. The summed E-state index contributed by atoms with van der Waals surface area (Å²) in [6.45, 7) is -2.99. The van der Waals surface area contributed by atoms with Crippen LogP contribution in [0.3, 0.4) is 0 Å². The monoisotopic (exact) mass is 666 g/mol. The molecule has 0 aromatic rings. The van der Waals surface area contributed by atoms with Crippen molar-refractivity contribution in [3.8, 4) is 0 Å². The normalized spacial score (nSPS) is 52.9. The van der Waals surface area contributed by atoms with Crippen LogP contribution in [0.2, 0.25) is 0 Å². The van der Waals surface area contributed by atoms with Gasteiger partial charge in [0.15, 0.2) is 25.2 Å². The first-order valence-electron chi connectivity index (χ1n) is 14.1. The molecule has 21 heteroatoms. The van der Waals surface area contributed by atoms with Crippen molar-refractivity contribution in [1.29, 1.82) is 0 Å². The Balaban J connectivity index is 1.50. The Hall–Kier alpha value is -0.840. The van der Waals surface area contributed by atoms with Crippen LogP contribution in [0.25, 0.3) is 0 Å². The molecule has 21 nitrogen and oxygen atoms in total. The van der Waals surface area contributed by atoms with Crippen molar-refractivity contribution in [3.05, 3.63) is 0 Å². The quantitative estimate of drug-likeness (QED) is 0.103. The summed E-state index contributed by atoms with van der Waals surface area (Å²) < 4.78 is 37.9. The van der Waals surface area contributed by atoms with E-state index in [0.717, 1.165) is 0 Å². The molecule has 0 aromatic carbocycles. The molecular weight excluding hydrogens is 624 g/mol. The van der Waals surface area contributed by atoms with E-state index < -0.39 is 149 Å². The maximum absolute atomic E-state index is 11.0. The molecular formula is C24H42O21. The van der Waals surface area contributed by atoms with Crippen LogP contribution in [-0.2, 0) is 33.2 Å². The predicted molar refractivity (Wildman–Crippen MR) is 134 cm³/mol. The Morgan fingerprint density at radius 1 is 0.378 bits per heavy atom. The Morgan fingerprint density at radius 2 is 0.778 bits per heavy atom. The van der Waals surface area contributed by atoms with Crippen LogP contribution >= 0.6 is 0 Å². The third-order valence-corrected chi connectivity index (χ3v) is 8.17. The predicted octanol–water partition coefficient (Wildman–Crippen LogP) is -9.75. The Morgan fingerprint density at radius 3 is 1.33 bits per heavy atom. The van der Waals surface area contributed by atoms with Gasteiger partial charge >= 0.3 is 0 Å². The number of ether oxygens (including phenoxy) is 7. The second-order valence-electron chi connectivity index (χ2n) is 11.2. The van der Waals surface area contributed by atoms with Crippen molar-refractivity contribution in [2.24, 2.45) is 0 Å². The van der Waals surface area contributed by atoms with Crippen LogP contribution in [0, 0.1) is 0 Å². The lowest BCUT2D eigenvalue weighted by Gasteiger charge is -2.47. The molecule has 0 saturated carbocycles. The molecule has 4 aliphatic heterocycles. The number of aliphatic hydroxyl groups excluding tert-OH is 14. The molecule has 0 radical (unpaired) electrons. The fourth-order valence-electron chi connectivity index (χ4n) is 5.31. The highest BCUT2D eigenvalue weighted by Crippen LogP contribution is 2.31. The molecule has 264 valence electrons. The van der Waals surface area contributed by atoms with E-state index in [9.17, 15) is 71.5 Å². The summed E-state index contributed by atoms with van der Waals surface area (Å²) in [4.78, 5) is 0. The van der Waals surface area contributed by atoms with Gasteiger partial charge in [-0.15, -0.1) is 0 Å². The van der Waals surface area contributed by atoms with Crippen molar-refractivity contribution in [3.63, 3.8) is 0 Å². The van der Waals surface area contributed by atoms with Crippen LogP contribution in [-0.4, -0.2) is 221 Å². The topological polar surface area (TPSA) is 348 Å². The molecule has 4 saturated heterocycles. The summed E-state index contributed by atoms with van der Waals surface area (Å²) in [7, 11) is 0. The molecule has 4 heterocycles. The summed E-state index contributed by atoms with van der Waals surface area (Å²) >= 11 is 0. The lowest BCUT2D eigenvalue weighted by Crippen LogP contribution is -2.65. The molecule has 0 amide bonds. The lowest BCUT2D eigenvalue weighted by atomic mass is 9.97. The van der Waals surface area contributed by atoms with Gasteiger partial charge in [0.05, 0.1) is 26.4 Å². The van der Waals surface area contributed by atoms with Crippen LogP contribution in [0.15, 0.2) is 0 Å². The zero-order chi connectivity index (χ0) is 33.3. The molecule has 0 bridgehead atoms.